The van der Waals surface area contributed by atoms with Crippen LogP contribution in [0.3, 0.4) is 0 Å². The molecule has 0 aromatic heterocycles. The molecule has 1 aromatic rings. The lowest BCUT2D eigenvalue weighted by molar-refractivity contribution is 0.107. The summed E-state index contributed by atoms with van der Waals surface area (Å²) in [5.41, 5.74) is 2.13. The SMILES string of the molecule is CC1CCC(CO)CN1C(=O)Nc1cccc(CCN2CCCC2)c1. The van der Waals surface area contributed by atoms with E-state index in [1.165, 1.54) is 31.5 Å². The van der Waals surface area contributed by atoms with Crippen molar-refractivity contribution in [3.8, 4) is 0 Å². The molecule has 2 unspecified atom stereocenters. The summed E-state index contributed by atoms with van der Waals surface area (Å²) >= 11 is 0. The molecule has 2 fully saturated rings. The van der Waals surface area contributed by atoms with Crippen LogP contribution in [-0.4, -0.2) is 59.8 Å². The van der Waals surface area contributed by atoms with Crippen molar-refractivity contribution >= 4 is 11.7 Å². The monoisotopic (exact) mass is 345 g/mol. The van der Waals surface area contributed by atoms with Gasteiger partial charge < -0.3 is 20.2 Å². The smallest absolute Gasteiger partial charge is 0.322 e. The third-order valence-corrected chi connectivity index (χ3v) is 5.59. The number of benzene rings is 1. The number of anilines is 1. The second kappa shape index (κ2) is 8.68. The molecule has 0 radical (unpaired) electrons. The van der Waals surface area contributed by atoms with Gasteiger partial charge in [-0.1, -0.05) is 12.1 Å². The molecule has 2 saturated heterocycles. The minimum atomic E-state index is -0.0534. The van der Waals surface area contributed by atoms with Crippen LogP contribution in [0.25, 0.3) is 0 Å². The highest BCUT2D eigenvalue weighted by Gasteiger charge is 2.28. The zero-order valence-electron chi connectivity index (χ0n) is 15.3. The molecular formula is C20H31N3O2. The van der Waals surface area contributed by atoms with Crippen molar-refractivity contribution in [1.29, 1.82) is 0 Å². The fourth-order valence-electron chi connectivity index (χ4n) is 3.91. The summed E-state index contributed by atoms with van der Waals surface area (Å²) in [4.78, 5) is 17.0. The predicted molar refractivity (Wildman–Crippen MR) is 101 cm³/mol. The number of carbonyl (C=O) groups excluding carboxylic acids is 1. The summed E-state index contributed by atoms with van der Waals surface area (Å²) in [6, 6.07) is 8.37. The minimum Gasteiger partial charge on any atom is -0.396 e. The fraction of sp³-hybridized carbons (Fsp3) is 0.650. The summed E-state index contributed by atoms with van der Waals surface area (Å²) in [7, 11) is 0. The molecule has 0 saturated carbocycles. The van der Waals surface area contributed by atoms with Crippen LogP contribution < -0.4 is 5.32 Å². The van der Waals surface area contributed by atoms with Gasteiger partial charge in [0.25, 0.3) is 0 Å². The van der Waals surface area contributed by atoms with Crippen LogP contribution in [0, 0.1) is 5.92 Å². The first-order valence-corrected chi connectivity index (χ1v) is 9.65. The molecular weight excluding hydrogens is 314 g/mol. The standard InChI is InChI=1S/C20H31N3O2/c1-16-7-8-18(15-24)14-23(16)20(25)21-19-6-4-5-17(13-19)9-12-22-10-2-3-11-22/h4-6,13,16,18,24H,2-3,7-12,14-15H2,1H3,(H,21,25). The third-order valence-electron chi connectivity index (χ3n) is 5.59. The summed E-state index contributed by atoms with van der Waals surface area (Å²) in [5.74, 6) is 0.203. The first-order valence-electron chi connectivity index (χ1n) is 9.65. The number of hydrogen-bond donors (Lipinski definition) is 2. The summed E-state index contributed by atoms with van der Waals surface area (Å²) in [6.07, 6.45) is 5.61. The maximum absolute atomic E-state index is 12.6. The van der Waals surface area contributed by atoms with E-state index >= 15 is 0 Å². The molecule has 138 valence electrons. The Balaban J connectivity index is 1.56. The zero-order valence-corrected chi connectivity index (χ0v) is 15.3. The Morgan fingerprint density at radius 1 is 1.28 bits per heavy atom. The van der Waals surface area contributed by atoms with E-state index in [1.807, 2.05) is 17.0 Å². The lowest BCUT2D eigenvalue weighted by atomic mass is 9.94. The number of aliphatic hydroxyl groups excluding tert-OH is 1. The first kappa shape index (κ1) is 18.2. The number of aliphatic hydroxyl groups is 1. The molecule has 2 atom stereocenters. The van der Waals surface area contributed by atoms with Crippen LogP contribution in [0.2, 0.25) is 0 Å². The number of rotatable bonds is 5. The van der Waals surface area contributed by atoms with Crippen molar-refractivity contribution < 1.29 is 9.90 Å². The molecule has 3 rings (SSSR count). The van der Waals surface area contributed by atoms with Gasteiger partial charge in [-0.25, -0.2) is 4.79 Å². The number of hydrogen-bond acceptors (Lipinski definition) is 3. The van der Waals surface area contributed by atoms with Gasteiger partial charge in [0.15, 0.2) is 0 Å². The molecule has 1 aromatic carbocycles. The van der Waals surface area contributed by atoms with Crippen molar-refractivity contribution in [2.45, 2.75) is 45.1 Å². The van der Waals surface area contributed by atoms with Gasteiger partial charge in [0.2, 0.25) is 0 Å². The third kappa shape index (κ3) is 4.95. The number of urea groups is 1. The van der Waals surface area contributed by atoms with Crippen molar-refractivity contribution in [3.05, 3.63) is 29.8 Å². The van der Waals surface area contributed by atoms with Crippen molar-refractivity contribution in [2.75, 3.05) is 38.1 Å². The average Bonchev–Trinajstić information content (AvgIpc) is 3.14. The van der Waals surface area contributed by atoms with Crippen molar-refractivity contribution in [1.82, 2.24) is 9.80 Å². The molecule has 5 nitrogen and oxygen atoms in total. The van der Waals surface area contributed by atoms with E-state index in [0.29, 0.717) is 6.54 Å². The Kier molecular flexibility index (Phi) is 6.32. The second-order valence-electron chi connectivity index (χ2n) is 7.56. The summed E-state index contributed by atoms with van der Waals surface area (Å²) in [6.45, 7) is 6.41. The molecule has 0 spiro atoms. The number of carbonyl (C=O) groups is 1. The average molecular weight is 345 g/mol. The number of nitrogens with one attached hydrogen (secondary N) is 1. The molecule has 2 aliphatic rings. The zero-order chi connectivity index (χ0) is 17.6. The van der Waals surface area contributed by atoms with Gasteiger partial charge >= 0.3 is 6.03 Å². The molecule has 2 aliphatic heterocycles. The number of nitrogens with zero attached hydrogens (tertiary/aromatic N) is 2. The topological polar surface area (TPSA) is 55.8 Å². The molecule has 2 amide bonds. The quantitative estimate of drug-likeness (QED) is 0.863. The molecule has 2 N–H and O–H groups in total. The van der Waals surface area contributed by atoms with Gasteiger partial charge in [-0.3, -0.25) is 0 Å². The molecule has 2 heterocycles. The van der Waals surface area contributed by atoms with E-state index in [2.05, 4.69) is 29.3 Å². The van der Waals surface area contributed by atoms with Crippen LogP contribution in [0.15, 0.2) is 24.3 Å². The normalized spacial score (nSPS) is 24.5. The van der Waals surface area contributed by atoms with Crippen LogP contribution in [-0.2, 0) is 6.42 Å². The van der Waals surface area contributed by atoms with Crippen molar-refractivity contribution in [3.63, 3.8) is 0 Å². The summed E-state index contributed by atoms with van der Waals surface area (Å²) < 4.78 is 0. The lowest BCUT2D eigenvalue weighted by Gasteiger charge is -2.37. The van der Waals surface area contributed by atoms with Gasteiger partial charge in [0, 0.05) is 31.4 Å². The van der Waals surface area contributed by atoms with E-state index in [9.17, 15) is 9.90 Å². The number of piperidine rings is 1. The number of amides is 2. The van der Waals surface area contributed by atoms with Gasteiger partial charge in [0.05, 0.1) is 0 Å². The van der Waals surface area contributed by atoms with Crippen LogP contribution in [0.4, 0.5) is 10.5 Å². The number of likely N-dealkylation sites (tertiary alicyclic amines) is 2. The highest BCUT2D eigenvalue weighted by Crippen LogP contribution is 2.23. The van der Waals surface area contributed by atoms with Gasteiger partial charge in [-0.05, 0) is 75.7 Å². The predicted octanol–water partition coefficient (Wildman–Crippen LogP) is 2.95. The Labute approximate surface area is 151 Å². The van der Waals surface area contributed by atoms with Crippen molar-refractivity contribution in [2.24, 2.45) is 5.92 Å². The van der Waals surface area contributed by atoms with E-state index in [4.69, 9.17) is 0 Å². The fourth-order valence-corrected chi connectivity index (χ4v) is 3.91. The van der Waals surface area contributed by atoms with E-state index in [1.54, 1.807) is 0 Å². The first-order chi connectivity index (χ1) is 12.2. The Morgan fingerprint density at radius 2 is 2.08 bits per heavy atom. The van der Waals surface area contributed by atoms with E-state index in [-0.39, 0.29) is 24.6 Å². The van der Waals surface area contributed by atoms with Crippen LogP contribution in [0.1, 0.15) is 38.2 Å². The Hall–Kier alpha value is -1.59. The van der Waals surface area contributed by atoms with Gasteiger partial charge in [-0.15, -0.1) is 0 Å². The van der Waals surface area contributed by atoms with Gasteiger partial charge in [0.1, 0.15) is 0 Å². The molecule has 0 bridgehead atoms. The maximum atomic E-state index is 12.6. The Morgan fingerprint density at radius 3 is 2.84 bits per heavy atom. The summed E-state index contributed by atoms with van der Waals surface area (Å²) in [5, 5.41) is 12.4. The molecule has 5 heteroatoms. The largest absolute Gasteiger partial charge is 0.396 e. The molecule has 0 aliphatic carbocycles. The van der Waals surface area contributed by atoms with Gasteiger partial charge in [-0.2, -0.15) is 0 Å². The maximum Gasteiger partial charge on any atom is 0.322 e. The second-order valence-corrected chi connectivity index (χ2v) is 7.56. The Bertz CT molecular complexity index is 572. The molecule has 25 heavy (non-hydrogen) atoms. The highest BCUT2D eigenvalue weighted by atomic mass is 16.3. The van der Waals surface area contributed by atoms with Crippen LogP contribution in [0.5, 0.6) is 0 Å². The van der Waals surface area contributed by atoms with E-state index < -0.39 is 0 Å². The van der Waals surface area contributed by atoms with Crippen LogP contribution >= 0.6 is 0 Å². The highest BCUT2D eigenvalue weighted by molar-refractivity contribution is 5.89. The van der Waals surface area contributed by atoms with E-state index in [0.717, 1.165) is 31.5 Å². The lowest BCUT2D eigenvalue weighted by Crippen LogP contribution is -2.48. The minimum absolute atomic E-state index is 0.0534.